The lowest BCUT2D eigenvalue weighted by Gasteiger charge is -2.08. The Hall–Kier alpha value is -2.16. The third-order valence-corrected chi connectivity index (χ3v) is 2.87. The molecule has 0 aliphatic carbocycles. The lowest BCUT2D eigenvalue weighted by Crippen LogP contribution is -2.13. The number of carbonyl (C=O) groups is 1. The number of benzene rings is 2. The smallest absolute Gasteiger partial charge is 0.200 e. The van der Waals surface area contributed by atoms with E-state index in [1.807, 2.05) is 26.0 Å². The molecule has 0 unspecified atom stereocenters. The maximum Gasteiger partial charge on any atom is 0.200 e. The number of hydrogen-bond acceptors (Lipinski definition) is 2. The molecular formula is C16H15FO2. The third kappa shape index (κ3) is 3.41. The Bertz CT molecular complexity index is 588. The third-order valence-electron chi connectivity index (χ3n) is 2.87. The molecule has 0 N–H and O–H groups in total. The van der Waals surface area contributed by atoms with E-state index in [4.69, 9.17) is 4.74 Å². The summed E-state index contributed by atoms with van der Waals surface area (Å²) in [5.41, 5.74) is 2.72. The van der Waals surface area contributed by atoms with Gasteiger partial charge >= 0.3 is 0 Å². The van der Waals surface area contributed by atoms with E-state index in [2.05, 4.69) is 0 Å². The zero-order valence-corrected chi connectivity index (χ0v) is 10.9. The van der Waals surface area contributed by atoms with Crippen molar-refractivity contribution >= 4 is 5.78 Å². The van der Waals surface area contributed by atoms with Gasteiger partial charge in [-0.2, -0.15) is 0 Å². The number of hydrogen-bond donors (Lipinski definition) is 0. The van der Waals surface area contributed by atoms with Crippen LogP contribution in [0.1, 0.15) is 21.5 Å². The summed E-state index contributed by atoms with van der Waals surface area (Å²) < 4.78 is 18.1. The standard InChI is InChI=1S/C16H15FO2/c1-11-3-8-15(12(2)9-11)16(18)10-19-14-6-4-13(17)5-7-14/h3-9H,10H2,1-2H3. The molecule has 0 heterocycles. The molecule has 0 atom stereocenters. The molecule has 2 aromatic rings. The van der Waals surface area contributed by atoms with E-state index in [0.717, 1.165) is 11.1 Å². The average Bonchev–Trinajstić information content (AvgIpc) is 2.37. The first-order chi connectivity index (χ1) is 9.06. The quantitative estimate of drug-likeness (QED) is 0.781. The topological polar surface area (TPSA) is 26.3 Å². The molecule has 0 bridgehead atoms. The van der Waals surface area contributed by atoms with Gasteiger partial charge in [0, 0.05) is 5.56 Å². The van der Waals surface area contributed by atoms with Gasteiger partial charge in [-0.1, -0.05) is 23.8 Å². The molecule has 0 fully saturated rings. The fourth-order valence-corrected chi connectivity index (χ4v) is 1.88. The predicted octanol–water partition coefficient (Wildman–Crippen LogP) is 3.70. The van der Waals surface area contributed by atoms with Gasteiger partial charge in [-0.25, -0.2) is 4.39 Å². The number of rotatable bonds is 4. The van der Waals surface area contributed by atoms with Gasteiger partial charge in [0.05, 0.1) is 0 Å². The van der Waals surface area contributed by atoms with Crippen molar-refractivity contribution in [2.45, 2.75) is 13.8 Å². The summed E-state index contributed by atoms with van der Waals surface area (Å²) in [5.74, 6) is 0.0781. The summed E-state index contributed by atoms with van der Waals surface area (Å²) in [6, 6.07) is 11.3. The van der Waals surface area contributed by atoms with Gasteiger partial charge < -0.3 is 4.74 Å². The fourth-order valence-electron chi connectivity index (χ4n) is 1.88. The lowest BCUT2D eigenvalue weighted by atomic mass is 10.0. The van der Waals surface area contributed by atoms with E-state index in [1.54, 1.807) is 6.07 Å². The van der Waals surface area contributed by atoms with Gasteiger partial charge in [0.2, 0.25) is 0 Å². The summed E-state index contributed by atoms with van der Waals surface area (Å²) in [5, 5.41) is 0. The molecule has 2 aromatic carbocycles. The highest BCUT2D eigenvalue weighted by molar-refractivity contribution is 5.98. The molecule has 0 saturated carbocycles. The summed E-state index contributed by atoms with van der Waals surface area (Å²) >= 11 is 0. The molecule has 0 aliphatic heterocycles. The summed E-state index contributed by atoms with van der Waals surface area (Å²) in [7, 11) is 0. The lowest BCUT2D eigenvalue weighted by molar-refractivity contribution is 0.0921. The van der Waals surface area contributed by atoms with E-state index in [0.29, 0.717) is 11.3 Å². The highest BCUT2D eigenvalue weighted by Gasteiger charge is 2.09. The molecule has 0 aliphatic rings. The second kappa shape index (κ2) is 5.65. The Kier molecular flexibility index (Phi) is 3.95. The normalized spacial score (nSPS) is 10.3. The number of carbonyl (C=O) groups excluding carboxylic acids is 1. The zero-order chi connectivity index (χ0) is 13.8. The summed E-state index contributed by atoms with van der Waals surface area (Å²) in [6.45, 7) is 3.84. The second-order valence-corrected chi connectivity index (χ2v) is 4.48. The van der Waals surface area contributed by atoms with Crippen LogP contribution in [0.25, 0.3) is 0 Å². The minimum Gasteiger partial charge on any atom is -0.485 e. The second-order valence-electron chi connectivity index (χ2n) is 4.48. The highest BCUT2D eigenvalue weighted by Crippen LogP contribution is 2.14. The Labute approximate surface area is 111 Å². The van der Waals surface area contributed by atoms with Crippen LogP contribution in [0.2, 0.25) is 0 Å². The van der Waals surface area contributed by atoms with Crippen molar-refractivity contribution in [2.75, 3.05) is 6.61 Å². The highest BCUT2D eigenvalue weighted by atomic mass is 19.1. The van der Waals surface area contributed by atoms with E-state index in [1.165, 1.54) is 24.3 Å². The Morgan fingerprint density at radius 1 is 1.11 bits per heavy atom. The van der Waals surface area contributed by atoms with Crippen LogP contribution >= 0.6 is 0 Å². The van der Waals surface area contributed by atoms with Crippen molar-refractivity contribution in [3.05, 3.63) is 65.0 Å². The fraction of sp³-hybridized carbons (Fsp3) is 0.188. The van der Waals surface area contributed by atoms with E-state index in [-0.39, 0.29) is 18.2 Å². The van der Waals surface area contributed by atoms with Crippen LogP contribution in [0.3, 0.4) is 0 Å². The average molecular weight is 258 g/mol. The maximum absolute atomic E-state index is 12.7. The number of Topliss-reactive ketones (excluding diaryl/α,β-unsaturated/α-hetero) is 1. The van der Waals surface area contributed by atoms with Crippen LogP contribution in [-0.4, -0.2) is 12.4 Å². The molecule has 0 aromatic heterocycles. The van der Waals surface area contributed by atoms with Crippen molar-refractivity contribution in [3.63, 3.8) is 0 Å². The van der Waals surface area contributed by atoms with Crippen molar-refractivity contribution in [3.8, 4) is 5.75 Å². The Morgan fingerprint density at radius 2 is 1.79 bits per heavy atom. The molecule has 3 heteroatoms. The molecule has 0 radical (unpaired) electrons. The molecule has 0 saturated heterocycles. The first kappa shape index (κ1) is 13.3. The Balaban J connectivity index is 2.03. The van der Waals surface area contributed by atoms with Gasteiger partial charge in [-0.3, -0.25) is 4.79 Å². The van der Waals surface area contributed by atoms with Crippen LogP contribution in [0.15, 0.2) is 42.5 Å². The van der Waals surface area contributed by atoms with Crippen molar-refractivity contribution in [2.24, 2.45) is 0 Å². The molecule has 19 heavy (non-hydrogen) atoms. The molecule has 0 spiro atoms. The van der Waals surface area contributed by atoms with Crippen LogP contribution < -0.4 is 4.74 Å². The van der Waals surface area contributed by atoms with Crippen LogP contribution in [0, 0.1) is 19.7 Å². The summed E-state index contributed by atoms with van der Waals surface area (Å²) in [4.78, 5) is 12.0. The monoisotopic (exact) mass is 258 g/mol. The number of ketones is 1. The largest absolute Gasteiger partial charge is 0.485 e. The number of ether oxygens (including phenoxy) is 1. The van der Waals surface area contributed by atoms with Crippen LogP contribution in [0.4, 0.5) is 4.39 Å². The first-order valence-electron chi connectivity index (χ1n) is 6.05. The molecule has 98 valence electrons. The SMILES string of the molecule is Cc1ccc(C(=O)COc2ccc(F)cc2)c(C)c1. The van der Waals surface area contributed by atoms with Crippen molar-refractivity contribution in [1.29, 1.82) is 0 Å². The first-order valence-corrected chi connectivity index (χ1v) is 6.05. The Morgan fingerprint density at radius 3 is 2.42 bits per heavy atom. The molecular weight excluding hydrogens is 243 g/mol. The van der Waals surface area contributed by atoms with Crippen molar-refractivity contribution < 1.29 is 13.9 Å². The number of halogens is 1. The van der Waals surface area contributed by atoms with Gasteiger partial charge in [0.1, 0.15) is 11.6 Å². The van der Waals surface area contributed by atoms with Crippen molar-refractivity contribution in [1.82, 2.24) is 0 Å². The maximum atomic E-state index is 12.7. The van der Waals surface area contributed by atoms with E-state index < -0.39 is 0 Å². The van der Waals surface area contributed by atoms with E-state index in [9.17, 15) is 9.18 Å². The molecule has 0 amide bonds. The zero-order valence-electron chi connectivity index (χ0n) is 10.9. The van der Waals surface area contributed by atoms with Crippen LogP contribution in [0.5, 0.6) is 5.75 Å². The van der Waals surface area contributed by atoms with Gasteiger partial charge in [-0.05, 0) is 43.7 Å². The molecule has 2 nitrogen and oxygen atoms in total. The minimum atomic E-state index is -0.326. The number of aryl methyl sites for hydroxylation is 2. The van der Waals surface area contributed by atoms with Gasteiger partial charge in [-0.15, -0.1) is 0 Å². The minimum absolute atomic E-state index is 0.0461. The predicted molar refractivity (Wildman–Crippen MR) is 72.1 cm³/mol. The van der Waals surface area contributed by atoms with Gasteiger partial charge in [0.25, 0.3) is 0 Å². The van der Waals surface area contributed by atoms with Gasteiger partial charge in [0.15, 0.2) is 12.4 Å². The van der Waals surface area contributed by atoms with Crippen LogP contribution in [-0.2, 0) is 0 Å². The summed E-state index contributed by atoms with van der Waals surface area (Å²) in [6.07, 6.45) is 0. The van der Waals surface area contributed by atoms with E-state index >= 15 is 0 Å². The molecule has 2 rings (SSSR count).